The first-order valence-electron chi connectivity index (χ1n) is 8.64. The summed E-state index contributed by atoms with van der Waals surface area (Å²) in [5.74, 6) is 2.88. The molecule has 0 aliphatic carbocycles. The Morgan fingerprint density at radius 2 is 1.88 bits per heavy atom. The number of aliphatic hydroxyl groups is 1. The number of phosphoric ester groups is 1. The number of aliphatic hydroxyl groups excluding tert-OH is 1. The zero-order valence-corrected chi connectivity index (χ0v) is 20.4. The van der Waals surface area contributed by atoms with Crippen LogP contribution in [0, 0.1) is 17.7 Å². The second-order valence-electron chi connectivity index (χ2n) is 6.61. The number of nitrogens with zero attached hydrogens (tertiary/aromatic N) is 2. The van der Waals surface area contributed by atoms with E-state index in [1.54, 1.807) is 0 Å². The third kappa shape index (κ3) is 6.71. The van der Waals surface area contributed by atoms with E-state index in [1.165, 1.54) is 6.92 Å². The van der Waals surface area contributed by atoms with Gasteiger partial charge in [0, 0.05) is 0 Å². The van der Waals surface area contributed by atoms with Crippen molar-refractivity contribution in [3.8, 4) is 11.8 Å². The molecule has 2 heterocycles. The number of hydrogen-bond donors (Lipinski definition) is 6. The van der Waals surface area contributed by atoms with Crippen molar-refractivity contribution in [1.82, 2.24) is 9.55 Å². The Balaban J connectivity index is 2.35. The van der Waals surface area contributed by atoms with Crippen LogP contribution in [-0.2, 0) is 31.6 Å². The molecule has 0 radical (unpaired) electrons. The van der Waals surface area contributed by atoms with Crippen LogP contribution in [0.4, 0.5) is 10.2 Å². The predicted molar refractivity (Wildman–Crippen MR) is 109 cm³/mol. The lowest BCUT2D eigenvalue weighted by atomic mass is 9.96. The average Bonchev–Trinajstić information content (AvgIpc) is 2.86. The monoisotopic (exact) mass is 571 g/mol. The molecule has 3 unspecified atom stereocenters. The zero-order chi connectivity index (χ0) is 26.3. The predicted octanol–water partition coefficient (Wildman–Crippen LogP) is -0.0444. The van der Waals surface area contributed by atoms with Gasteiger partial charge in [0.1, 0.15) is 12.2 Å². The largest absolute Gasteiger partial charge is 0.490 e. The maximum Gasteiger partial charge on any atom is 0.490 e. The number of anilines is 1. The van der Waals surface area contributed by atoms with Crippen LogP contribution in [0.3, 0.4) is 0 Å². The number of nitrogens with two attached hydrogens (primary N) is 1. The molecule has 1 fully saturated rings. The van der Waals surface area contributed by atoms with Gasteiger partial charge >= 0.3 is 29.2 Å². The van der Waals surface area contributed by atoms with E-state index in [-0.39, 0.29) is 0 Å². The van der Waals surface area contributed by atoms with Gasteiger partial charge in [0.05, 0.1) is 12.3 Å². The molecule has 1 aliphatic heterocycles. The standard InChI is InChI=1S/C13H18ClFN3O13P3/c1-3-4-13(14)9(19)8(28-11(13)18-5-7(15)10(16)17-12(18)20)6(2)29-33(24,25)31-34(26,27)30-32(21,22)23/h5-6,8-9,11,19H,1-2H3,(H,24,25)(H,26,27)(H2,16,17,20)(H2,21,22,23)/t6-,8-,9+,11-,13?/m1/s1. The SMILES string of the molecule is CC#CC1(Cl)[C@@H](O)[C@@H]([C@@H](C)OP(=O)(O)OP(=O)(O)OP(=O)(O)O)O[C@H]1n1cc(F)c(N)nc1=O. The number of aromatic nitrogens is 2. The maximum absolute atomic E-state index is 13.9. The highest BCUT2D eigenvalue weighted by Gasteiger charge is 2.58. The van der Waals surface area contributed by atoms with Crippen molar-refractivity contribution in [1.29, 1.82) is 0 Å². The summed E-state index contributed by atoms with van der Waals surface area (Å²) in [6.45, 7) is 2.30. The Hall–Kier alpha value is -1.21. The fourth-order valence-electron chi connectivity index (χ4n) is 2.86. The van der Waals surface area contributed by atoms with Crippen molar-refractivity contribution in [3.63, 3.8) is 0 Å². The second kappa shape index (κ2) is 10.0. The van der Waals surface area contributed by atoms with Gasteiger partial charge in [-0.1, -0.05) is 17.5 Å². The Kier molecular flexibility index (Phi) is 8.57. The first kappa shape index (κ1) is 29.0. The third-order valence-corrected chi connectivity index (χ3v) is 8.50. The highest BCUT2D eigenvalue weighted by atomic mass is 35.5. The van der Waals surface area contributed by atoms with Gasteiger partial charge in [0.2, 0.25) is 0 Å². The fraction of sp³-hybridized carbons (Fsp3) is 0.538. The first-order chi connectivity index (χ1) is 15.3. The van der Waals surface area contributed by atoms with E-state index in [9.17, 15) is 37.8 Å². The number of alkyl halides is 1. The number of rotatable bonds is 8. The third-order valence-electron chi connectivity index (χ3n) is 4.07. The van der Waals surface area contributed by atoms with Gasteiger partial charge in [-0.15, -0.1) is 5.92 Å². The van der Waals surface area contributed by atoms with Crippen LogP contribution in [0.2, 0.25) is 0 Å². The summed E-state index contributed by atoms with van der Waals surface area (Å²) >= 11 is 6.38. The Labute approximate surface area is 194 Å². The molecule has 0 amide bonds. The van der Waals surface area contributed by atoms with Gasteiger partial charge in [0.15, 0.2) is 22.7 Å². The van der Waals surface area contributed by atoms with Gasteiger partial charge < -0.3 is 35.2 Å². The van der Waals surface area contributed by atoms with Crippen LogP contribution < -0.4 is 11.4 Å². The Morgan fingerprint density at radius 1 is 1.29 bits per heavy atom. The van der Waals surface area contributed by atoms with Crippen LogP contribution >= 0.6 is 35.1 Å². The summed E-state index contributed by atoms with van der Waals surface area (Å²) in [6, 6.07) is 0. The number of hydrogen-bond acceptors (Lipinski definition) is 11. The molecule has 1 aromatic rings. The summed E-state index contributed by atoms with van der Waals surface area (Å²) in [4.78, 5) is 49.4. The minimum Gasteiger partial charge on any atom is -0.387 e. The molecule has 0 spiro atoms. The van der Waals surface area contributed by atoms with Crippen LogP contribution in [-0.4, -0.2) is 57.4 Å². The van der Waals surface area contributed by atoms with Gasteiger partial charge in [-0.2, -0.15) is 13.6 Å². The van der Waals surface area contributed by atoms with E-state index in [0.717, 1.165) is 6.92 Å². The molecule has 1 aromatic heterocycles. The molecule has 192 valence electrons. The van der Waals surface area contributed by atoms with Gasteiger partial charge in [-0.05, 0) is 13.8 Å². The molecule has 0 bridgehead atoms. The minimum absolute atomic E-state index is 0.518. The normalized spacial score (nSPS) is 29.5. The van der Waals surface area contributed by atoms with E-state index in [2.05, 4.69) is 30.0 Å². The molecule has 1 saturated heterocycles. The van der Waals surface area contributed by atoms with Crippen LogP contribution in [0.1, 0.15) is 20.1 Å². The first-order valence-corrected chi connectivity index (χ1v) is 13.5. The molecule has 7 N–H and O–H groups in total. The molecule has 2 rings (SSSR count). The highest BCUT2D eigenvalue weighted by molar-refractivity contribution is 7.66. The lowest BCUT2D eigenvalue weighted by Crippen LogP contribution is -2.45. The molecular formula is C13H18ClFN3O13P3. The topological polar surface area (TPSA) is 250 Å². The van der Waals surface area contributed by atoms with Crippen molar-refractivity contribution in [2.75, 3.05) is 5.73 Å². The molecule has 7 atom stereocenters. The van der Waals surface area contributed by atoms with Crippen molar-refractivity contribution >= 4 is 40.9 Å². The smallest absolute Gasteiger partial charge is 0.387 e. The van der Waals surface area contributed by atoms with Crippen LogP contribution in [0.15, 0.2) is 11.0 Å². The van der Waals surface area contributed by atoms with Gasteiger partial charge in [0.25, 0.3) is 0 Å². The van der Waals surface area contributed by atoms with Crippen molar-refractivity contribution in [2.45, 2.75) is 43.3 Å². The van der Waals surface area contributed by atoms with E-state index >= 15 is 0 Å². The summed E-state index contributed by atoms with van der Waals surface area (Å²) < 4.78 is 66.0. The summed E-state index contributed by atoms with van der Waals surface area (Å²) in [5, 5.41) is 10.7. The summed E-state index contributed by atoms with van der Waals surface area (Å²) in [5.41, 5.74) is 4.08. The van der Waals surface area contributed by atoms with Gasteiger partial charge in [-0.25, -0.2) is 22.9 Å². The lowest BCUT2D eigenvalue weighted by Gasteiger charge is -2.26. The average molecular weight is 572 g/mol. The highest BCUT2D eigenvalue weighted by Crippen LogP contribution is 2.66. The number of ether oxygens (including phenoxy) is 1. The second-order valence-corrected chi connectivity index (χ2v) is 11.6. The summed E-state index contributed by atoms with van der Waals surface area (Å²) in [7, 11) is -17.0. The zero-order valence-electron chi connectivity index (χ0n) is 17.0. The van der Waals surface area contributed by atoms with E-state index in [1.807, 2.05) is 0 Å². The quantitative estimate of drug-likeness (QED) is 0.136. The minimum atomic E-state index is -5.81. The van der Waals surface area contributed by atoms with Crippen LogP contribution in [0.25, 0.3) is 0 Å². The molecule has 0 saturated carbocycles. The number of halogens is 2. The molecule has 0 aromatic carbocycles. The van der Waals surface area contributed by atoms with E-state index < -0.39 is 70.2 Å². The Morgan fingerprint density at radius 3 is 2.41 bits per heavy atom. The fourth-order valence-corrected chi connectivity index (χ4v) is 6.44. The molecule has 1 aliphatic rings. The summed E-state index contributed by atoms with van der Waals surface area (Å²) in [6.07, 6.45) is -6.51. The lowest BCUT2D eigenvalue weighted by molar-refractivity contribution is -0.0751. The van der Waals surface area contributed by atoms with Crippen molar-refractivity contribution in [3.05, 3.63) is 22.5 Å². The number of nitrogen functional groups attached to an aromatic ring is 1. The van der Waals surface area contributed by atoms with E-state index in [4.69, 9.17) is 31.9 Å². The molecule has 16 nitrogen and oxygen atoms in total. The van der Waals surface area contributed by atoms with E-state index in [0.29, 0.717) is 10.8 Å². The Bertz CT molecular complexity index is 1210. The van der Waals surface area contributed by atoms with Crippen molar-refractivity contribution < 1.29 is 60.6 Å². The molecule has 21 heteroatoms. The maximum atomic E-state index is 13.9. The number of phosphoric acid groups is 3. The molecular weight excluding hydrogens is 554 g/mol. The molecule has 34 heavy (non-hydrogen) atoms. The van der Waals surface area contributed by atoms with Crippen molar-refractivity contribution in [2.24, 2.45) is 0 Å². The van der Waals surface area contributed by atoms with Gasteiger partial charge in [-0.3, -0.25) is 9.09 Å². The van der Waals surface area contributed by atoms with Crippen LogP contribution in [0.5, 0.6) is 0 Å².